The van der Waals surface area contributed by atoms with E-state index < -0.39 is 4.20 Å². The van der Waals surface area contributed by atoms with E-state index in [2.05, 4.69) is 24.0 Å². The van der Waals surface area contributed by atoms with Gasteiger partial charge in [-0.15, -0.1) is 12.6 Å². The molecule has 1 aromatic rings. The van der Waals surface area contributed by atoms with Gasteiger partial charge in [-0.1, -0.05) is 23.9 Å². The zero-order valence-corrected chi connectivity index (χ0v) is 7.82. The lowest BCUT2D eigenvalue weighted by Crippen LogP contribution is -2.20. The number of nitriles is 1. The lowest BCUT2D eigenvalue weighted by molar-refractivity contribution is 1.20. The molecular formula is C8H6N2S2. The average molecular weight is 194 g/mol. The van der Waals surface area contributed by atoms with Crippen molar-refractivity contribution in [2.45, 2.75) is 9.10 Å². The van der Waals surface area contributed by atoms with Crippen LogP contribution in [0.3, 0.4) is 0 Å². The fourth-order valence-electron chi connectivity index (χ4n) is 1.08. The standard InChI is InChI=1S/C8H6N2S2/c9-5-8(11)10-6-3-1-2-4-7(6)12-8/h1-4,10-11H. The Labute approximate surface area is 80.4 Å². The van der Waals surface area contributed by atoms with Crippen LogP contribution in [0.15, 0.2) is 29.2 Å². The number of fused-ring (bicyclic) bond motifs is 1. The number of para-hydroxylation sites is 1. The molecule has 0 amide bonds. The van der Waals surface area contributed by atoms with Crippen molar-refractivity contribution in [3.05, 3.63) is 24.3 Å². The lowest BCUT2D eigenvalue weighted by atomic mass is 10.3. The summed E-state index contributed by atoms with van der Waals surface area (Å²) in [4.78, 5) is 1.08. The van der Waals surface area contributed by atoms with Gasteiger partial charge >= 0.3 is 0 Å². The molecule has 1 N–H and O–H groups in total. The largest absolute Gasteiger partial charge is 0.350 e. The SMILES string of the molecule is N#CC1(S)Nc2ccccc2S1. The number of hydrogen-bond donors (Lipinski definition) is 2. The van der Waals surface area contributed by atoms with Gasteiger partial charge in [-0.2, -0.15) is 5.26 Å². The van der Waals surface area contributed by atoms with Crippen molar-refractivity contribution in [1.82, 2.24) is 0 Å². The van der Waals surface area contributed by atoms with Crippen LogP contribution in [0.1, 0.15) is 0 Å². The number of hydrogen-bond acceptors (Lipinski definition) is 4. The molecule has 1 unspecified atom stereocenters. The molecule has 60 valence electrons. The topological polar surface area (TPSA) is 35.8 Å². The van der Waals surface area contributed by atoms with Crippen molar-refractivity contribution in [3.8, 4) is 6.07 Å². The minimum Gasteiger partial charge on any atom is -0.350 e. The van der Waals surface area contributed by atoms with E-state index in [0.717, 1.165) is 10.6 Å². The first kappa shape index (κ1) is 7.84. The van der Waals surface area contributed by atoms with Gasteiger partial charge in [0.15, 0.2) is 0 Å². The third-order valence-corrected chi connectivity index (χ3v) is 3.15. The van der Waals surface area contributed by atoms with Crippen LogP contribution in [0, 0.1) is 11.3 Å². The average Bonchev–Trinajstić information content (AvgIpc) is 2.42. The van der Waals surface area contributed by atoms with Crippen LogP contribution in [0.5, 0.6) is 0 Å². The Kier molecular flexibility index (Phi) is 1.71. The normalized spacial score (nSPS) is 25.7. The second kappa shape index (κ2) is 2.61. The number of thioether (sulfide) groups is 1. The molecule has 1 aliphatic rings. The van der Waals surface area contributed by atoms with Gasteiger partial charge in [-0.3, -0.25) is 0 Å². The predicted molar refractivity (Wildman–Crippen MR) is 53.3 cm³/mol. The molecule has 0 fully saturated rings. The first-order valence-corrected chi connectivity index (χ1v) is 4.70. The number of thiol groups is 1. The van der Waals surface area contributed by atoms with E-state index in [9.17, 15) is 0 Å². The summed E-state index contributed by atoms with van der Waals surface area (Å²) in [7, 11) is 0. The van der Waals surface area contributed by atoms with Crippen LogP contribution >= 0.6 is 24.4 Å². The smallest absolute Gasteiger partial charge is 0.221 e. The summed E-state index contributed by atoms with van der Waals surface area (Å²) in [6.45, 7) is 0. The Hall–Kier alpha value is -0.790. The van der Waals surface area contributed by atoms with E-state index in [1.807, 2.05) is 24.3 Å². The second-order valence-corrected chi connectivity index (χ2v) is 4.71. The summed E-state index contributed by atoms with van der Waals surface area (Å²) < 4.78 is -0.788. The number of rotatable bonds is 0. The fourth-order valence-corrected chi connectivity index (χ4v) is 2.39. The van der Waals surface area contributed by atoms with E-state index >= 15 is 0 Å². The molecule has 1 atom stereocenters. The third kappa shape index (κ3) is 1.15. The zero-order valence-electron chi connectivity index (χ0n) is 6.11. The summed E-state index contributed by atoms with van der Waals surface area (Å²) in [5.74, 6) is 0. The molecule has 2 rings (SSSR count). The highest BCUT2D eigenvalue weighted by atomic mass is 32.2. The number of benzene rings is 1. The Morgan fingerprint density at radius 1 is 1.50 bits per heavy atom. The number of anilines is 1. The van der Waals surface area contributed by atoms with Crippen molar-refractivity contribution in [3.63, 3.8) is 0 Å². The van der Waals surface area contributed by atoms with E-state index in [0.29, 0.717) is 0 Å². The molecule has 0 aromatic heterocycles. The van der Waals surface area contributed by atoms with Crippen molar-refractivity contribution in [2.24, 2.45) is 0 Å². The number of nitrogens with one attached hydrogen (secondary N) is 1. The van der Waals surface area contributed by atoms with Gasteiger partial charge in [-0.05, 0) is 12.1 Å². The minimum absolute atomic E-state index is 0.788. The quantitative estimate of drug-likeness (QED) is 0.622. The Morgan fingerprint density at radius 3 is 2.92 bits per heavy atom. The highest BCUT2D eigenvalue weighted by molar-refractivity contribution is 8.12. The van der Waals surface area contributed by atoms with Crippen molar-refractivity contribution < 1.29 is 0 Å². The first-order valence-electron chi connectivity index (χ1n) is 3.43. The maximum Gasteiger partial charge on any atom is 0.221 e. The molecule has 0 radical (unpaired) electrons. The van der Waals surface area contributed by atoms with Gasteiger partial charge in [0.1, 0.15) is 6.07 Å². The summed E-state index contributed by atoms with van der Waals surface area (Å²) in [6.07, 6.45) is 0. The molecular weight excluding hydrogens is 188 g/mol. The van der Waals surface area contributed by atoms with Gasteiger partial charge in [0.2, 0.25) is 4.20 Å². The highest BCUT2D eigenvalue weighted by Crippen LogP contribution is 2.46. The van der Waals surface area contributed by atoms with Gasteiger partial charge < -0.3 is 5.32 Å². The maximum absolute atomic E-state index is 8.79. The van der Waals surface area contributed by atoms with E-state index in [-0.39, 0.29) is 0 Å². The van der Waals surface area contributed by atoms with Crippen LogP contribution in [-0.2, 0) is 0 Å². The molecule has 1 aromatic carbocycles. The predicted octanol–water partition coefficient (Wildman–Crippen LogP) is 2.31. The van der Waals surface area contributed by atoms with Gasteiger partial charge in [0.05, 0.1) is 5.69 Å². The third-order valence-electron chi connectivity index (χ3n) is 1.60. The van der Waals surface area contributed by atoms with Gasteiger partial charge in [0, 0.05) is 4.90 Å². The molecule has 0 saturated carbocycles. The molecule has 0 spiro atoms. The van der Waals surface area contributed by atoms with E-state index in [1.54, 1.807) is 0 Å². The molecule has 1 heterocycles. The van der Waals surface area contributed by atoms with Crippen molar-refractivity contribution in [2.75, 3.05) is 5.32 Å². The van der Waals surface area contributed by atoms with Crippen molar-refractivity contribution in [1.29, 1.82) is 5.26 Å². The highest BCUT2D eigenvalue weighted by Gasteiger charge is 2.33. The Bertz CT molecular complexity index is 331. The van der Waals surface area contributed by atoms with E-state index in [1.165, 1.54) is 11.8 Å². The van der Waals surface area contributed by atoms with Crippen molar-refractivity contribution >= 4 is 30.1 Å². The monoisotopic (exact) mass is 194 g/mol. The fraction of sp³-hybridized carbons (Fsp3) is 0.125. The van der Waals surface area contributed by atoms with Crippen LogP contribution in [0.25, 0.3) is 0 Å². The molecule has 1 aliphatic heterocycles. The first-order chi connectivity index (χ1) is 5.73. The molecule has 4 heteroatoms. The molecule has 0 bridgehead atoms. The number of nitrogens with zero attached hydrogens (tertiary/aromatic N) is 1. The Balaban J connectivity index is 2.41. The molecule has 0 saturated heterocycles. The maximum atomic E-state index is 8.79. The summed E-state index contributed by atoms with van der Waals surface area (Å²) in [5, 5.41) is 11.8. The minimum atomic E-state index is -0.788. The van der Waals surface area contributed by atoms with Gasteiger partial charge in [0.25, 0.3) is 0 Å². The molecule has 12 heavy (non-hydrogen) atoms. The summed E-state index contributed by atoms with van der Waals surface area (Å²) in [5.41, 5.74) is 0.985. The Morgan fingerprint density at radius 2 is 2.25 bits per heavy atom. The lowest BCUT2D eigenvalue weighted by Gasteiger charge is -2.11. The molecule has 2 nitrogen and oxygen atoms in total. The van der Waals surface area contributed by atoms with Crippen LogP contribution < -0.4 is 5.32 Å². The van der Waals surface area contributed by atoms with Crippen LogP contribution in [-0.4, -0.2) is 4.20 Å². The zero-order chi connectivity index (χ0) is 8.60. The summed E-state index contributed by atoms with van der Waals surface area (Å²) in [6, 6.07) is 9.90. The second-order valence-electron chi connectivity index (χ2n) is 2.48. The summed E-state index contributed by atoms with van der Waals surface area (Å²) >= 11 is 5.65. The van der Waals surface area contributed by atoms with Crippen LogP contribution in [0.2, 0.25) is 0 Å². The van der Waals surface area contributed by atoms with Crippen LogP contribution in [0.4, 0.5) is 5.69 Å². The molecule has 0 aliphatic carbocycles. The van der Waals surface area contributed by atoms with Gasteiger partial charge in [-0.25, -0.2) is 0 Å². The van der Waals surface area contributed by atoms with E-state index in [4.69, 9.17) is 5.26 Å².